The number of nitrogen functional groups attached to an aromatic ring is 1. The van der Waals surface area contributed by atoms with Crippen molar-refractivity contribution in [2.75, 3.05) is 5.73 Å². The van der Waals surface area contributed by atoms with Crippen LogP contribution in [0.1, 0.15) is 23.0 Å². The summed E-state index contributed by atoms with van der Waals surface area (Å²) in [6.45, 7) is 1.79. The van der Waals surface area contributed by atoms with Crippen LogP contribution >= 0.6 is 15.9 Å². The lowest BCUT2D eigenvalue weighted by Crippen LogP contribution is -2.21. The average Bonchev–Trinajstić information content (AvgIpc) is 3.38. The molecule has 3 N–H and O–H groups in total. The van der Waals surface area contributed by atoms with Gasteiger partial charge in [-0.25, -0.2) is 10.1 Å². The minimum Gasteiger partial charge on any atom is -0.378 e. The van der Waals surface area contributed by atoms with Gasteiger partial charge in [-0.05, 0) is 34.9 Å². The van der Waals surface area contributed by atoms with E-state index < -0.39 is 5.91 Å². The van der Waals surface area contributed by atoms with Crippen molar-refractivity contribution in [1.82, 2.24) is 30.7 Å². The summed E-state index contributed by atoms with van der Waals surface area (Å²) in [6, 6.07) is 16.7. The monoisotopic (exact) mass is 466 g/mol. The van der Waals surface area contributed by atoms with Crippen molar-refractivity contribution in [2.24, 2.45) is 5.10 Å². The van der Waals surface area contributed by atoms with Gasteiger partial charge < -0.3 is 5.73 Å². The summed E-state index contributed by atoms with van der Waals surface area (Å²) >= 11 is 3.39. The molecule has 0 fully saturated rings. The maximum Gasteiger partial charge on any atom is 0.294 e. The number of halogens is 1. The predicted molar refractivity (Wildman–Crippen MR) is 113 cm³/mol. The first-order chi connectivity index (χ1) is 14.5. The third-order valence-corrected chi connectivity index (χ3v) is 4.74. The molecule has 11 heteroatoms. The number of hydrazone groups is 1. The van der Waals surface area contributed by atoms with E-state index in [-0.39, 0.29) is 17.3 Å². The Hall–Kier alpha value is -3.86. The highest BCUT2D eigenvalue weighted by atomic mass is 79.9. The molecule has 4 rings (SSSR count). The van der Waals surface area contributed by atoms with Crippen LogP contribution < -0.4 is 11.2 Å². The highest BCUT2D eigenvalue weighted by Crippen LogP contribution is 2.26. The maximum absolute atomic E-state index is 12.9. The Morgan fingerprint density at radius 3 is 2.53 bits per heavy atom. The molecule has 0 aliphatic carbocycles. The fourth-order valence-electron chi connectivity index (χ4n) is 2.72. The zero-order valence-corrected chi connectivity index (χ0v) is 17.2. The summed E-state index contributed by atoms with van der Waals surface area (Å²) in [5.41, 5.74) is 10.9. The Morgan fingerprint density at radius 1 is 1.13 bits per heavy atom. The van der Waals surface area contributed by atoms with Gasteiger partial charge in [0.15, 0.2) is 5.69 Å². The van der Waals surface area contributed by atoms with E-state index in [1.807, 2.05) is 54.6 Å². The molecule has 1 amide bonds. The van der Waals surface area contributed by atoms with Crippen LogP contribution in [0.3, 0.4) is 0 Å². The molecule has 0 spiro atoms. The molecule has 2 aromatic heterocycles. The van der Waals surface area contributed by atoms with Crippen LogP contribution in [0.15, 0.2) is 68.8 Å². The number of nitrogens with two attached hydrogens (primary N) is 1. The zero-order chi connectivity index (χ0) is 21.1. The van der Waals surface area contributed by atoms with E-state index in [1.165, 1.54) is 4.68 Å². The first-order valence-corrected chi connectivity index (χ1v) is 9.54. The quantitative estimate of drug-likeness (QED) is 0.340. The number of nitrogens with one attached hydrogen (secondary N) is 1. The van der Waals surface area contributed by atoms with Gasteiger partial charge in [-0.15, -0.1) is 5.10 Å². The summed E-state index contributed by atoms with van der Waals surface area (Å²) in [6.07, 6.45) is 0. The fraction of sp³-hybridized carbons (Fsp3) is 0.0526. The summed E-state index contributed by atoms with van der Waals surface area (Å²) in [5, 5.41) is 19.5. The second-order valence-corrected chi connectivity index (χ2v) is 7.10. The minimum absolute atomic E-state index is 0.0214. The maximum atomic E-state index is 12.9. The molecule has 0 saturated heterocycles. The number of anilines is 1. The van der Waals surface area contributed by atoms with E-state index in [4.69, 9.17) is 5.73 Å². The van der Waals surface area contributed by atoms with Gasteiger partial charge in [0.1, 0.15) is 5.69 Å². The second-order valence-electron chi connectivity index (χ2n) is 6.18. The van der Waals surface area contributed by atoms with Crippen LogP contribution in [-0.2, 0) is 0 Å². The number of rotatable bonds is 5. The molecule has 0 unspecified atom stereocenters. The van der Waals surface area contributed by atoms with Gasteiger partial charge in [0.05, 0.1) is 5.71 Å². The van der Waals surface area contributed by atoms with E-state index in [1.54, 1.807) is 6.92 Å². The molecule has 0 saturated carbocycles. The van der Waals surface area contributed by atoms with Crippen molar-refractivity contribution >= 4 is 33.4 Å². The Kier molecular flexibility index (Phi) is 5.35. The first kappa shape index (κ1) is 19.5. The number of benzene rings is 2. The van der Waals surface area contributed by atoms with Crippen molar-refractivity contribution in [1.29, 1.82) is 0 Å². The molecular weight excluding hydrogens is 452 g/mol. The molecule has 30 heavy (non-hydrogen) atoms. The zero-order valence-electron chi connectivity index (χ0n) is 15.7. The molecule has 2 heterocycles. The molecule has 10 nitrogen and oxygen atoms in total. The minimum atomic E-state index is -0.536. The molecule has 2 aromatic carbocycles. The predicted octanol–water partition coefficient (Wildman–Crippen LogP) is 2.82. The van der Waals surface area contributed by atoms with Crippen LogP contribution in [-0.4, -0.2) is 36.9 Å². The van der Waals surface area contributed by atoms with Gasteiger partial charge in [0.25, 0.3) is 5.91 Å². The van der Waals surface area contributed by atoms with Crippen molar-refractivity contribution in [3.05, 3.63) is 70.3 Å². The Bertz CT molecular complexity index is 1220. The number of amides is 1. The highest BCUT2D eigenvalue weighted by Gasteiger charge is 2.25. The smallest absolute Gasteiger partial charge is 0.294 e. The van der Waals surface area contributed by atoms with Crippen molar-refractivity contribution < 1.29 is 9.42 Å². The summed E-state index contributed by atoms with van der Waals surface area (Å²) in [5.74, 6) is -0.380. The summed E-state index contributed by atoms with van der Waals surface area (Å²) < 4.78 is 6.92. The lowest BCUT2D eigenvalue weighted by Gasteiger charge is -2.06. The normalized spacial score (nSPS) is 11.5. The molecule has 0 aliphatic rings. The van der Waals surface area contributed by atoms with Crippen LogP contribution in [0.4, 0.5) is 5.82 Å². The summed E-state index contributed by atoms with van der Waals surface area (Å²) in [4.78, 5) is 12.9. The van der Waals surface area contributed by atoms with E-state index in [2.05, 4.69) is 51.7 Å². The van der Waals surface area contributed by atoms with Crippen LogP contribution in [0, 0.1) is 0 Å². The number of hydrogen-bond donors (Lipinski definition) is 2. The molecule has 4 aromatic rings. The number of aromatic nitrogens is 5. The number of carbonyl (C=O) groups excluding carboxylic acids is 1. The van der Waals surface area contributed by atoms with E-state index in [0.717, 1.165) is 10.0 Å². The van der Waals surface area contributed by atoms with E-state index in [0.29, 0.717) is 17.0 Å². The third kappa shape index (κ3) is 3.82. The molecule has 0 atom stereocenters. The molecule has 150 valence electrons. The highest BCUT2D eigenvalue weighted by molar-refractivity contribution is 9.10. The van der Waals surface area contributed by atoms with Crippen molar-refractivity contribution in [3.8, 4) is 17.1 Å². The number of carbonyl (C=O) groups is 1. The van der Waals surface area contributed by atoms with Gasteiger partial charge in [-0.3, -0.25) is 4.79 Å². The number of hydrogen-bond acceptors (Lipinski definition) is 8. The van der Waals surface area contributed by atoms with Gasteiger partial charge in [-0.1, -0.05) is 63.6 Å². The molecular formula is C19H15BrN8O2. The Morgan fingerprint density at radius 2 is 1.87 bits per heavy atom. The third-order valence-electron chi connectivity index (χ3n) is 4.22. The second kappa shape index (κ2) is 8.25. The Labute approximate surface area is 178 Å². The van der Waals surface area contributed by atoms with Crippen LogP contribution in [0.5, 0.6) is 0 Å². The standard InChI is InChI=1S/C19H15BrN8O2/c1-11(12-7-9-14(20)10-8-12)22-24-19(29)15-16(13-5-3-2-4-6-13)28(27-23-15)18-17(21)25-30-26-18/h2-10H,1H3,(H2,21,25)(H,24,29). The van der Waals surface area contributed by atoms with Gasteiger partial charge in [0.2, 0.25) is 11.6 Å². The Balaban J connectivity index is 1.69. The van der Waals surface area contributed by atoms with Gasteiger partial charge in [-0.2, -0.15) is 9.78 Å². The molecule has 0 aliphatic heterocycles. The largest absolute Gasteiger partial charge is 0.378 e. The van der Waals surface area contributed by atoms with E-state index in [9.17, 15) is 4.79 Å². The summed E-state index contributed by atoms with van der Waals surface area (Å²) in [7, 11) is 0. The lowest BCUT2D eigenvalue weighted by molar-refractivity contribution is 0.0950. The van der Waals surface area contributed by atoms with Gasteiger partial charge in [0, 0.05) is 10.0 Å². The van der Waals surface area contributed by atoms with Crippen LogP contribution in [0.2, 0.25) is 0 Å². The van der Waals surface area contributed by atoms with Crippen LogP contribution in [0.25, 0.3) is 17.1 Å². The molecule has 0 radical (unpaired) electrons. The average molecular weight is 467 g/mol. The van der Waals surface area contributed by atoms with Gasteiger partial charge >= 0.3 is 0 Å². The van der Waals surface area contributed by atoms with Crippen molar-refractivity contribution in [3.63, 3.8) is 0 Å². The van der Waals surface area contributed by atoms with E-state index >= 15 is 0 Å². The topological polar surface area (TPSA) is 137 Å². The molecule has 0 bridgehead atoms. The SMILES string of the molecule is CC(=NNC(=O)c1nnn(-c2nonc2N)c1-c1ccccc1)c1ccc(Br)cc1. The first-order valence-electron chi connectivity index (χ1n) is 8.74. The number of nitrogens with zero attached hydrogens (tertiary/aromatic N) is 6. The van der Waals surface area contributed by atoms with Crippen molar-refractivity contribution in [2.45, 2.75) is 6.92 Å². The fourth-order valence-corrected chi connectivity index (χ4v) is 2.98. The lowest BCUT2D eigenvalue weighted by atomic mass is 10.1.